The van der Waals surface area contributed by atoms with Gasteiger partial charge in [0, 0.05) is 6.54 Å². The molecule has 0 spiro atoms. The first-order valence-corrected chi connectivity index (χ1v) is 8.05. The summed E-state index contributed by atoms with van der Waals surface area (Å²) in [5.41, 5.74) is 1.12. The van der Waals surface area contributed by atoms with Gasteiger partial charge < -0.3 is 14.8 Å². The molecule has 0 aliphatic rings. The number of hydrogen-bond donors (Lipinski definition) is 1. The third-order valence-corrected chi connectivity index (χ3v) is 3.41. The molecule has 0 bridgehead atoms. The molecule has 5 heteroatoms. The quantitative estimate of drug-likeness (QED) is 0.717. The van der Waals surface area contributed by atoms with Gasteiger partial charge in [0.15, 0.2) is 18.2 Å². The fourth-order valence-electron chi connectivity index (χ4n) is 2.27. The van der Waals surface area contributed by atoms with Crippen molar-refractivity contribution in [2.45, 2.75) is 19.8 Å². The Hall–Kier alpha value is -2.56. The minimum absolute atomic E-state index is 0.0818. The fraction of sp³-hybridized carbons (Fsp3) is 0.316. The van der Waals surface area contributed by atoms with Crippen LogP contribution in [0.2, 0.25) is 0 Å². The lowest BCUT2D eigenvalue weighted by Crippen LogP contribution is -2.30. The Morgan fingerprint density at radius 3 is 2.50 bits per heavy atom. The van der Waals surface area contributed by atoms with Crippen molar-refractivity contribution in [3.8, 4) is 11.5 Å². The van der Waals surface area contributed by atoms with Crippen LogP contribution in [0.1, 0.15) is 18.9 Å². The van der Waals surface area contributed by atoms with Crippen molar-refractivity contribution in [3.05, 3.63) is 59.9 Å². The molecule has 0 aliphatic carbocycles. The van der Waals surface area contributed by atoms with Gasteiger partial charge in [-0.25, -0.2) is 4.39 Å². The lowest BCUT2D eigenvalue weighted by Gasteiger charge is -2.10. The van der Waals surface area contributed by atoms with Crippen LogP contribution in [0, 0.1) is 5.82 Å². The van der Waals surface area contributed by atoms with Crippen LogP contribution in [-0.2, 0) is 11.2 Å². The van der Waals surface area contributed by atoms with E-state index in [0.29, 0.717) is 13.2 Å². The molecule has 24 heavy (non-hydrogen) atoms. The number of hydrogen-bond acceptors (Lipinski definition) is 3. The van der Waals surface area contributed by atoms with Gasteiger partial charge in [0.05, 0.1) is 6.61 Å². The summed E-state index contributed by atoms with van der Waals surface area (Å²) in [5, 5.41) is 2.77. The summed E-state index contributed by atoms with van der Waals surface area (Å²) in [6, 6.07) is 13.9. The highest BCUT2D eigenvalue weighted by molar-refractivity contribution is 5.77. The van der Waals surface area contributed by atoms with Gasteiger partial charge in [0.1, 0.15) is 5.75 Å². The van der Waals surface area contributed by atoms with Gasteiger partial charge in [0.25, 0.3) is 5.91 Å². The van der Waals surface area contributed by atoms with Crippen molar-refractivity contribution >= 4 is 5.91 Å². The van der Waals surface area contributed by atoms with Gasteiger partial charge in [-0.15, -0.1) is 0 Å². The fourth-order valence-corrected chi connectivity index (χ4v) is 2.27. The number of para-hydroxylation sites is 2. The van der Waals surface area contributed by atoms with E-state index in [1.807, 2.05) is 31.2 Å². The molecule has 2 rings (SSSR count). The first kappa shape index (κ1) is 17.8. The number of carbonyl (C=O) groups excluding carboxylic acids is 1. The smallest absolute Gasteiger partial charge is 0.257 e. The number of rotatable bonds is 9. The highest BCUT2D eigenvalue weighted by atomic mass is 19.1. The van der Waals surface area contributed by atoms with Gasteiger partial charge >= 0.3 is 0 Å². The van der Waals surface area contributed by atoms with Gasteiger partial charge in [-0.1, -0.05) is 30.3 Å². The number of benzene rings is 2. The predicted molar refractivity (Wildman–Crippen MR) is 90.8 cm³/mol. The van der Waals surface area contributed by atoms with E-state index >= 15 is 0 Å². The summed E-state index contributed by atoms with van der Waals surface area (Å²) in [7, 11) is 0. The van der Waals surface area contributed by atoms with Crippen molar-refractivity contribution in [2.75, 3.05) is 19.8 Å². The minimum Gasteiger partial charge on any atom is -0.494 e. The molecule has 0 atom stereocenters. The minimum atomic E-state index is -0.474. The lowest BCUT2D eigenvalue weighted by atomic mass is 10.1. The highest BCUT2D eigenvalue weighted by Crippen LogP contribution is 2.19. The molecule has 0 fully saturated rings. The van der Waals surface area contributed by atoms with E-state index < -0.39 is 5.82 Å². The first-order valence-electron chi connectivity index (χ1n) is 8.05. The maximum atomic E-state index is 13.4. The molecule has 0 unspecified atom stereocenters. The summed E-state index contributed by atoms with van der Waals surface area (Å²) in [6.07, 6.45) is 1.60. The molecule has 0 radical (unpaired) electrons. The molecule has 1 amide bonds. The van der Waals surface area contributed by atoms with Crippen LogP contribution in [-0.4, -0.2) is 25.7 Å². The van der Waals surface area contributed by atoms with E-state index in [1.54, 1.807) is 12.1 Å². The summed E-state index contributed by atoms with van der Waals surface area (Å²) >= 11 is 0. The third-order valence-electron chi connectivity index (χ3n) is 3.41. The van der Waals surface area contributed by atoms with Gasteiger partial charge in [-0.05, 0) is 43.5 Å². The largest absolute Gasteiger partial charge is 0.494 e. The van der Waals surface area contributed by atoms with E-state index in [9.17, 15) is 9.18 Å². The molecule has 128 valence electrons. The van der Waals surface area contributed by atoms with Crippen molar-refractivity contribution < 1.29 is 18.7 Å². The molecule has 0 aromatic heterocycles. The molecule has 1 N–H and O–H groups in total. The van der Waals surface area contributed by atoms with Crippen LogP contribution in [0.5, 0.6) is 11.5 Å². The zero-order valence-corrected chi connectivity index (χ0v) is 13.8. The van der Waals surface area contributed by atoms with Crippen molar-refractivity contribution in [2.24, 2.45) is 0 Å². The molecule has 0 heterocycles. The summed E-state index contributed by atoms with van der Waals surface area (Å²) in [6.45, 7) is 2.91. The second-order valence-corrected chi connectivity index (χ2v) is 5.21. The summed E-state index contributed by atoms with van der Waals surface area (Å²) in [4.78, 5) is 11.7. The topological polar surface area (TPSA) is 47.6 Å². The number of halogens is 1. The average molecular weight is 331 g/mol. The first-order chi connectivity index (χ1) is 11.7. The van der Waals surface area contributed by atoms with Gasteiger partial charge in [0.2, 0.25) is 0 Å². The maximum Gasteiger partial charge on any atom is 0.257 e. The van der Waals surface area contributed by atoms with Crippen LogP contribution in [0.25, 0.3) is 0 Å². The Balaban J connectivity index is 1.69. The molecule has 2 aromatic rings. The number of ether oxygens (including phenoxy) is 2. The zero-order valence-electron chi connectivity index (χ0n) is 13.8. The zero-order chi connectivity index (χ0) is 17.2. The van der Waals surface area contributed by atoms with Crippen LogP contribution in [0.15, 0.2) is 48.5 Å². The number of nitrogens with one attached hydrogen (secondary N) is 1. The number of amides is 1. The van der Waals surface area contributed by atoms with Crippen LogP contribution in [0.4, 0.5) is 4.39 Å². The third kappa shape index (κ3) is 5.57. The van der Waals surface area contributed by atoms with Crippen molar-refractivity contribution in [1.82, 2.24) is 5.32 Å². The van der Waals surface area contributed by atoms with Crippen molar-refractivity contribution in [3.63, 3.8) is 0 Å². The summed E-state index contributed by atoms with van der Waals surface area (Å²) < 4.78 is 24.1. The SMILES string of the molecule is CCOc1ccccc1CCCNC(=O)COc1ccccc1F. The molecule has 4 nitrogen and oxygen atoms in total. The molecule has 0 saturated heterocycles. The van der Waals surface area contributed by atoms with Crippen LogP contribution < -0.4 is 14.8 Å². The Kier molecular flexibility index (Phi) is 7.08. The lowest BCUT2D eigenvalue weighted by molar-refractivity contribution is -0.123. The Bertz CT molecular complexity index is 661. The molecule has 0 aliphatic heterocycles. The Morgan fingerprint density at radius 1 is 1.04 bits per heavy atom. The second-order valence-electron chi connectivity index (χ2n) is 5.21. The van der Waals surface area contributed by atoms with Crippen molar-refractivity contribution in [1.29, 1.82) is 0 Å². The molecule has 0 saturated carbocycles. The number of carbonyl (C=O) groups is 1. The van der Waals surface area contributed by atoms with E-state index in [2.05, 4.69) is 5.32 Å². The Morgan fingerprint density at radius 2 is 1.75 bits per heavy atom. The van der Waals surface area contributed by atoms with Crippen LogP contribution >= 0.6 is 0 Å². The maximum absolute atomic E-state index is 13.4. The second kappa shape index (κ2) is 9.55. The Labute approximate surface area is 141 Å². The average Bonchev–Trinajstić information content (AvgIpc) is 2.59. The number of aryl methyl sites for hydroxylation is 1. The van der Waals surface area contributed by atoms with E-state index in [0.717, 1.165) is 24.2 Å². The monoisotopic (exact) mass is 331 g/mol. The van der Waals surface area contributed by atoms with Gasteiger partial charge in [-0.2, -0.15) is 0 Å². The normalized spacial score (nSPS) is 10.2. The highest BCUT2D eigenvalue weighted by Gasteiger charge is 2.06. The molecular weight excluding hydrogens is 309 g/mol. The molecule has 2 aromatic carbocycles. The summed E-state index contributed by atoms with van der Waals surface area (Å²) in [5.74, 6) is 0.224. The van der Waals surface area contributed by atoms with E-state index in [1.165, 1.54) is 12.1 Å². The van der Waals surface area contributed by atoms with Crippen LogP contribution in [0.3, 0.4) is 0 Å². The van der Waals surface area contributed by atoms with E-state index in [4.69, 9.17) is 9.47 Å². The van der Waals surface area contributed by atoms with E-state index in [-0.39, 0.29) is 18.3 Å². The molecular formula is C19H22FNO3. The standard InChI is InChI=1S/C19H22FNO3/c1-2-23-17-11-5-3-8-15(17)9-7-13-21-19(22)14-24-18-12-6-4-10-16(18)20/h3-6,8,10-12H,2,7,9,13-14H2,1H3,(H,21,22). The predicted octanol–water partition coefficient (Wildman–Crippen LogP) is 3.35. The van der Waals surface area contributed by atoms with Gasteiger partial charge in [-0.3, -0.25) is 4.79 Å².